The summed E-state index contributed by atoms with van der Waals surface area (Å²) >= 11 is 0. The van der Waals surface area contributed by atoms with Crippen molar-refractivity contribution < 1.29 is 13.2 Å². The van der Waals surface area contributed by atoms with Gasteiger partial charge in [0, 0.05) is 6.04 Å². The molecule has 0 heterocycles. The quantitative estimate of drug-likeness (QED) is 0.882. The van der Waals surface area contributed by atoms with Gasteiger partial charge < -0.3 is 4.74 Å². The normalized spacial score (nSPS) is 16.1. The first-order chi connectivity index (χ1) is 11.0. The van der Waals surface area contributed by atoms with Crippen LogP contribution in [0.15, 0.2) is 53.4 Å². The molecule has 1 atom stereocenters. The van der Waals surface area contributed by atoms with Gasteiger partial charge in [0.05, 0.1) is 12.0 Å². The molecule has 1 saturated carbocycles. The maximum Gasteiger partial charge on any atom is 0.241 e. The van der Waals surface area contributed by atoms with Crippen molar-refractivity contribution in [3.8, 4) is 5.75 Å². The summed E-state index contributed by atoms with van der Waals surface area (Å²) in [5, 5.41) is 0. The molecule has 1 fully saturated rings. The first-order valence-corrected chi connectivity index (χ1v) is 9.21. The van der Waals surface area contributed by atoms with Crippen LogP contribution in [-0.4, -0.2) is 15.5 Å². The second-order valence-electron chi connectivity index (χ2n) is 6.02. The predicted octanol–water partition coefficient (Wildman–Crippen LogP) is 3.43. The summed E-state index contributed by atoms with van der Waals surface area (Å²) in [7, 11) is -1.91. The van der Waals surface area contributed by atoms with Crippen molar-refractivity contribution in [2.45, 2.75) is 30.7 Å². The van der Waals surface area contributed by atoms with Crippen LogP contribution in [0.5, 0.6) is 5.75 Å². The largest absolute Gasteiger partial charge is 0.497 e. The molecule has 0 spiro atoms. The van der Waals surface area contributed by atoms with Crippen LogP contribution in [0, 0.1) is 12.8 Å². The highest BCUT2D eigenvalue weighted by Crippen LogP contribution is 2.42. The summed E-state index contributed by atoms with van der Waals surface area (Å²) in [5.74, 6) is 1.13. The third-order valence-corrected chi connectivity index (χ3v) is 5.64. The third kappa shape index (κ3) is 3.74. The van der Waals surface area contributed by atoms with Gasteiger partial charge in [0.15, 0.2) is 0 Å². The van der Waals surface area contributed by atoms with Gasteiger partial charge in [-0.2, -0.15) is 0 Å². The standard InChI is InChI=1S/C18H21NO3S/c1-13-3-11-17(12-4-13)23(20,21)19-18(14-5-6-14)15-7-9-16(22-2)10-8-15/h3-4,7-12,14,18-19H,5-6H2,1-2H3/t18-/m0/s1. The summed E-state index contributed by atoms with van der Waals surface area (Å²) in [4.78, 5) is 0.308. The minimum Gasteiger partial charge on any atom is -0.497 e. The van der Waals surface area contributed by atoms with Crippen molar-refractivity contribution in [3.05, 3.63) is 59.7 Å². The Kier molecular flexibility index (Phi) is 4.41. The molecule has 23 heavy (non-hydrogen) atoms. The molecular weight excluding hydrogens is 310 g/mol. The molecule has 122 valence electrons. The highest BCUT2D eigenvalue weighted by Gasteiger charge is 2.35. The lowest BCUT2D eigenvalue weighted by Crippen LogP contribution is -2.30. The molecule has 0 saturated heterocycles. The van der Waals surface area contributed by atoms with Crippen LogP contribution in [0.2, 0.25) is 0 Å². The second-order valence-corrected chi connectivity index (χ2v) is 7.74. The van der Waals surface area contributed by atoms with Crippen LogP contribution in [0.3, 0.4) is 0 Å². The molecule has 5 heteroatoms. The SMILES string of the molecule is COc1ccc([C@@H](NS(=O)(=O)c2ccc(C)cc2)C2CC2)cc1. The van der Waals surface area contributed by atoms with Gasteiger partial charge in [-0.05, 0) is 55.5 Å². The van der Waals surface area contributed by atoms with E-state index in [9.17, 15) is 8.42 Å². The molecule has 2 aromatic carbocycles. The van der Waals surface area contributed by atoms with E-state index < -0.39 is 10.0 Å². The number of hydrogen-bond donors (Lipinski definition) is 1. The molecule has 4 nitrogen and oxygen atoms in total. The molecule has 1 aliphatic carbocycles. The molecule has 0 aliphatic heterocycles. The molecule has 2 aromatic rings. The highest BCUT2D eigenvalue weighted by molar-refractivity contribution is 7.89. The summed E-state index contributed by atoms with van der Waals surface area (Å²) < 4.78 is 33.3. The fraction of sp³-hybridized carbons (Fsp3) is 0.333. The average molecular weight is 331 g/mol. The molecule has 1 N–H and O–H groups in total. The minimum absolute atomic E-state index is 0.188. The van der Waals surface area contributed by atoms with Gasteiger partial charge in [0.25, 0.3) is 0 Å². The first kappa shape index (κ1) is 16.0. The van der Waals surface area contributed by atoms with Crippen molar-refractivity contribution in [2.75, 3.05) is 7.11 Å². The van der Waals surface area contributed by atoms with E-state index in [0.29, 0.717) is 10.8 Å². The Bertz CT molecular complexity index is 763. The van der Waals surface area contributed by atoms with E-state index in [-0.39, 0.29) is 6.04 Å². The minimum atomic E-state index is -3.53. The lowest BCUT2D eigenvalue weighted by Gasteiger charge is -2.19. The molecule has 0 unspecified atom stereocenters. The number of rotatable bonds is 6. The van der Waals surface area contributed by atoms with Crippen molar-refractivity contribution >= 4 is 10.0 Å². The van der Waals surface area contributed by atoms with Gasteiger partial charge in [0.1, 0.15) is 5.75 Å². The monoisotopic (exact) mass is 331 g/mol. The molecule has 0 radical (unpaired) electrons. The van der Waals surface area contributed by atoms with Gasteiger partial charge in [-0.15, -0.1) is 0 Å². The Balaban J connectivity index is 1.85. The highest BCUT2D eigenvalue weighted by atomic mass is 32.2. The zero-order valence-corrected chi connectivity index (χ0v) is 14.1. The van der Waals surface area contributed by atoms with Crippen LogP contribution in [-0.2, 0) is 10.0 Å². The number of hydrogen-bond acceptors (Lipinski definition) is 3. The van der Waals surface area contributed by atoms with Crippen molar-refractivity contribution in [1.29, 1.82) is 0 Å². The maximum absolute atomic E-state index is 12.6. The number of sulfonamides is 1. The van der Waals surface area contributed by atoms with Crippen LogP contribution >= 0.6 is 0 Å². The maximum atomic E-state index is 12.6. The van der Waals surface area contributed by atoms with E-state index in [1.807, 2.05) is 43.3 Å². The Morgan fingerprint density at radius 2 is 1.65 bits per heavy atom. The van der Waals surface area contributed by atoms with Crippen LogP contribution in [0.4, 0.5) is 0 Å². The van der Waals surface area contributed by atoms with Crippen LogP contribution < -0.4 is 9.46 Å². The summed E-state index contributed by atoms with van der Waals surface area (Å²) in [6.45, 7) is 1.94. The topological polar surface area (TPSA) is 55.4 Å². The van der Waals surface area contributed by atoms with E-state index >= 15 is 0 Å². The van der Waals surface area contributed by atoms with Gasteiger partial charge in [-0.3, -0.25) is 0 Å². The molecule has 1 aliphatic rings. The lowest BCUT2D eigenvalue weighted by atomic mass is 10.0. The average Bonchev–Trinajstić information content (AvgIpc) is 3.38. The third-order valence-electron chi connectivity index (χ3n) is 4.18. The van der Waals surface area contributed by atoms with Crippen LogP contribution in [0.25, 0.3) is 0 Å². The van der Waals surface area contributed by atoms with Gasteiger partial charge in [-0.25, -0.2) is 13.1 Å². The van der Waals surface area contributed by atoms with Gasteiger partial charge >= 0.3 is 0 Å². The molecule has 3 rings (SSSR count). The zero-order chi connectivity index (χ0) is 16.4. The molecular formula is C18H21NO3S. The summed E-state index contributed by atoms with van der Waals surface area (Å²) in [6.07, 6.45) is 2.10. The molecule has 0 bridgehead atoms. The van der Waals surface area contributed by atoms with E-state index in [2.05, 4.69) is 4.72 Å². The summed E-state index contributed by atoms with van der Waals surface area (Å²) in [5.41, 5.74) is 2.02. The van der Waals surface area contributed by atoms with Crippen molar-refractivity contribution in [2.24, 2.45) is 5.92 Å². The van der Waals surface area contributed by atoms with Crippen LogP contribution in [0.1, 0.15) is 30.0 Å². The van der Waals surface area contributed by atoms with Gasteiger partial charge in [0.2, 0.25) is 10.0 Å². The second kappa shape index (κ2) is 6.34. The summed E-state index contributed by atoms with van der Waals surface area (Å²) in [6, 6.07) is 14.3. The molecule has 0 amide bonds. The first-order valence-electron chi connectivity index (χ1n) is 7.72. The van der Waals surface area contributed by atoms with E-state index in [4.69, 9.17) is 4.74 Å². The Hall–Kier alpha value is -1.85. The number of aryl methyl sites for hydroxylation is 1. The smallest absolute Gasteiger partial charge is 0.241 e. The number of ether oxygens (including phenoxy) is 1. The zero-order valence-electron chi connectivity index (χ0n) is 13.3. The molecule has 0 aromatic heterocycles. The van der Waals surface area contributed by atoms with Crippen molar-refractivity contribution in [3.63, 3.8) is 0 Å². The van der Waals surface area contributed by atoms with E-state index in [0.717, 1.165) is 29.7 Å². The number of methoxy groups -OCH3 is 1. The van der Waals surface area contributed by atoms with Gasteiger partial charge in [-0.1, -0.05) is 29.8 Å². The Labute approximate surface area is 137 Å². The van der Waals surface area contributed by atoms with E-state index in [1.54, 1.807) is 19.2 Å². The van der Waals surface area contributed by atoms with Crippen molar-refractivity contribution in [1.82, 2.24) is 4.72 Å². The fourth-order valence-electron chi connectivity index (χ4n) is 2.63. The Morgan fingerprint density at radius 3 is 2.17 bits per heavy atom. The number of benzene rings is 2. The Morgan fingerprint density at radius 1 is 1.04 bits per heavy atom. The number of nitrogens with one attached hydrogen (secondary N) is 1. The van der Waals surface area contributed by atoms with E-state index in [1.165, 1.54) is 0 Å². The lowest BCUT2D eigenvalue weighted by molar-refractivity contribution is 0.414. The fourth-order valence-corrected chi connectivity index (χ4v) is 3.92. The predicted molar refractivity (Wildman–Crippen MR) is 90.0 cm³/mol.